The Morgan fingerprint density at radius 1 is 1.04 bits per heavy atom. The summed E-state index contributed by atoms with van der Waals surface area (Å²) in [4.78, 5) is 95.9. The lowest BCUT2D eigenvalue weighted by atomic mass is 9.89. The zero-order valence-electron chi connectivity index (χ0n) is 26.9. The molecule has 4 atom stereocenters. The number of nitrogens with zero attached hydrogens (tertiary/aromatic N) is 4. The number of imide groups is 1. The van der Waals surface area contributed by atoms with Crippen molar-refractivity contribution in [2.24, 2.45) is 34.0 Å². The first kappa shape index (κ1) is 38.1. The molecule has 0 unspecified atom stereocenters. The van der Waals surface area contributed by atoms with E-state index in [9.17, 15) is 38.7 Å². The van der Waals surface area contributed by atoms with Crippen molar-refractivity contribution in [3.05, 3.63) is 0 Å². The van der Waals surface area contributed by atoms with Crippen LogP contribution in [0.1, 0.15) is 59.3 Å². The second kappa shape index (κ2) is 18.1. The predicted octanol–water partition coefficient (Wildman–Crippen LogP) is -2.57. The molecule has 2 saturated heterocycles. The number of urea groups is 1. The van der Waals surface area contributed by atoms with Gasteiger partial charge in [0.2, 0.25) is 17.7 Å². The average molecular weight is 652 g/mol. The van der Waals surface area contributed by atoms with Crippen LogP contribution in [-0.4, -0.2) is 131 Å². The molecule has 2 rings (SSSR count). The lowest BCUT2D eigenvalue weighted by molar-refractivity contribution is -0.145. The molecule has 0 saturated carbocycles. The van der Waals surface area contributed by atoms with Gasteiger partial charge in [-0.1, -0.05) is 13.8 Å². The van der Waals surface area contributed by atoms with Gasteiger partial charge in [-0.15, -0.1) is 0 Å². The zero-order chi connectivity index (χ0) is 34.6. The zero-order valence-corrected chi connectivity index (χ0v) is 26.9. The van der Waals surface area contributed by atoms with E-state index in [0.29, 0.717) is 43.8 Å². The van der Waals surface area contributed by atoms with Crippen LogP contribution in [0.5, 0.6) is 0 Å². The SMILES string of the molecule is CC(=O)CCNC(=O)[C@@H](CCCN=C(N)N)CC(=O)[C@H](CC(C)C)N1CCN(C(=O)[C@H](CO)N2C(=O)N[C@H](CC(N)=O)C2=O)CC1. The monoisotopic (exact) mass is 651 g/mol. The largest absolute Gasteiger partial charge is 0.394 e. The van der Waals surface area contributed by atoms with E-state index in [1.807, 2.05) is 18.7 Å². The number of hydrogen-bond acceptors (Lipinski definition) is 10. The molecular weight excluding hydrogens is 602 g/mol. The number of ketones is 2. The molecule has 258 valence electrons. The van der Waals surface area contributed by atoms with Crippen molar-refractivity contribution in [1.29, 1.82) is 0 Å². The van der Waals surface area contributed by atoms with Crippen LogP contribution < -0.4 is 27.8 Å². The Kier molecular flexibility index (Phi) is 15.0. The smallest absolute Gasteiger partial charge is 0.325 e. The van der Waals surface area contributed by atoms with E-state index in [2.05, 4.69) is 15.6 Å². The minimum absolute atomic E-state index is 0.0322. The highest BCUT2D eigenvalue weighted by Crippen LogP contribution is 2.22. The third kappa shape index (κ3) is 11.3. The standard InChI is InChI=1S/C29H49N9O8/c1-17(2)13-21(23(41)14-19(5-4-7-34-28(31)32)25(43)33-8-6-18(3)40)36-9-11-37(12-10-36)27(45)22(16-39)38-26(44)20(15-24(30)42)35-29(38)46/h17,19-22,39H,4-16H2,1-3H3,(H2,30,42)(H,33,43)(H,35,46)(H4,31,32,34)/t19-,20+,21-,22-/m0/s1. The fraction of sp³-hybridized carbons (Fsp3) is 0.724. The normalized spacial score (nSPS) is 18.9. The minimum atomic E-state index is -1.48. The summed E-state index contributed by atoms with van der Waals surface area (Å²) in [6.45, 7) is 5.99. The van der Waals surface area contributed by atoms with Crippen LogP contribution in [-0.2, 0) is 28.8 Å². The summed E-state index contributed by atoms with van der Waals surface area (Å²) in [7, 11) is 0. The van der Waals surface area contributed by atoms with E-state index in [0.717, 1.165) is 0 Å². The molecule has 0 aromatic heterocycles. The average Bonchev–Trinajstić information content (AvgIpc) is 3.24. The van der Waals surface area contributed by atoms with Crippen molar-refractivity contribution in [1.82, 2.24) is 25.3 Å². The quantitative estimate of drug-likeness (QED) is 0.0366. The van der Waals surface area contributed by atoms with Crippen LogP contribution in [0.3, 0.4) is 0 Å². The van der Waals surface area contributed by atoms with Crippen molar-refractivity contribution in [2.45, 2.75) is 77.4 Å². The van der Waals surface area contributed by atoms with E-state index in [-0.39, 0.29) is 61.8 Å². The number of nitrogens with two attached hydrogens (primary N) is 3. The molecular formula is C29H49N9O8. The number of guanidine groups is 1. The van der Waals surface area contributed by atoms with Gasteiger partial charge in [0.05, 0.1) is 19.1 Å². The Morgan fingerprint density at radius 3 is 2.24 bits per heavy atom. The Morgan fingerprint density at radius 2 is 1.70 bits per heavy atom. The van der Waals surface area contributed by atoms with Crippen molar-refractivity contribution < 1.29 is 38.7 Å². The molecule has 46 heavy (non-hydrogen) atoms. The molecule has 17 heteroatoms. The van der Waals surface area contributed by atoms with E-state index >= 15 is 0 Å². The van der Waals surface area contributed by atoms with Crippen LogP contribution >= 0.6 is 0 Å². The minimum Gasteiger partial charge on any atom is -0.394 e. The van der Waals surface area contributed by atoms with Gasteiger partial charge in [0, 0.05) is 58.0 Å². The van der Waals surface area contributed by atoms with Crippen LogP contribution in [0, 0.1) is 11.8 Å². The maximum atomic E-state index is 13.8. The molecule has 0 bridgehead atoms. The number of amides is 6. The molecule has 0 radical (unpaired) electrons. The number of nitrogens with one attached hydrogen (secondary N) is 2. The van der Waals surface area contributed by atoms with Gasteiger partial charge in [0.25, 0.3) is 5.91 Å². The number of carbonyl (C=O) groups is 7. The van der Waals surface area contributed by atoms with E-state index in [4.69, 9.17) is 17.2 Å². The lowest BCUT2D eigenvalue weighted by Crippen LogP contribution is -2.59. The van der Waals surface area contributed by atoms with Crippen LogP contribution in [0.15, 0.2) is 4.99 Å². The Hall–Kier alpha value is -4.12. The maximum absolute atomic E-state index is 13.8. The van der Waals surface area contributed by atoms with E-state index in [1.54, 1.807) is 0 Å². The van der Waals surface area contributed by atoms with Gasteiger partial charge in [0.15, 0.2) is 11.7 Å². The topological polar surface area (TPSA) is 264 Å². The number of aliphatic hydroxyl groups is 1. The van der Waals surface area contributed by atoms with E-state index in [1.165, 1.54) is 11.8 Å². The Labute approximate surface area is 268 Å². The maximum Gasteiger partial charge on any atom is 0.325 e. The number of hydrogen-bond donors (Lipinski definition) is 6. The number of primary amides is 1. The second-order valence-corrected chi connectivity index (χ2v) is 12.1. The number of rotatable bonds is 19. The van der Waals surface area contributed by atoms with Crippen LogP contribution in [0.4, 0.5) is 4.79 Å². The molecule has 2 aliphatic rings. The summed E-state index contributed by atoms with van der Waals surface area (Å²) in [6.07, 6.45) is 1.06. The van der Waals surface area contributed by atoms with Crippen molar-refractivity contribution in [3.63, 3.8) is 0 Å². The van der Waals surface area contributed by atoms with Crippen molar-refractivity contribution in [2.75, 3.05) is 45.9 Å². The van der Waals surface area contributed by atoms with Gasteiger partial charge in [-0.3, -0.25) is 38.7 Å². The summed E-state index contributed by atoms with van der Waals surface area (Å²) in [5.74, 6) is -3.37. The lowest BCUT2D eigenvalue weighted by Gasteiger charge is -2.41. The fourth-order valence-electron chi connectivity index (χ4n) is 5.61. The molecule has 2 aliphatic heterocycles. The molecule has 17 nitrogen and oxygen atoms in total. The third-order valence-electron chi connectivity index (χ3n) is 7.96. The highest BCUT2D eigenvalue weighted by molar-refractivity contribution is 6.08. The van der Waals surface area contributed by atoms with Crippen LogP contribution in [0.25, 0.3) is 0 Å². The molecule has 2 heterocycles. The molecule has 0 aromatic carbocycles. The fourth-order valence-corrected chi connectivity index (χ4v) is 5.61. The van der Waals surface area contributed by atoms with Gasteiger partial charge >= 0.3 is 6.03 Å². The van der Waals surface area contributed by atoms with Crippen molar-refractivity contribution >= 4 is 47.2 Å². The van der Waals surface area contributed by atoms with Gasteiger partial charge in [-0.25, -0.2) is 9.69 Å². The summed E-state index contributed by atoms with van der Waals surface area (Å²) >= 11 is 0. The van der Waals surface area contributed by atoms with Gasteiger partial charge < -0.3 is 37.8 Å². The molecule has 6 amide bonds. The molecule has 0 aliphatic carbocycles. The first-order valence-corrected chi connectivity index (χ1v) is 15.6. The van der Waals surface area contributed by atoms with Gasteiger partial charge in [-0.05, 0) is 32.1 Å². The second-order valence-electron chi connectivity index (χ2n) is 12.1. The number of piperazine rings is 1. The summed E-state index contributed by atoms with van der Waals surface area (Å²) in [6, 6.07) is -4.12. The predicted molar refractivity (Wildman–Crippen MR) is 167 cm³/mol. The highest BCUT2D eigenvalue weighted by atomic mass is 16.3. The number of carbonyl (C=O) groups excluding carboxylic acids is 7. The molecule has 0 spiro atoms. The van der Waals surface area contributed by atoms with Gasteiger partial charge in [-0.2, -0.15) is 0 Å². The number of aliphatic hydroxyl groups excluding tert-OH is 1. The van der Waals surface area contributed by atoms with Crippen LogP contribution in [0.2, 0.25) is 0 Å². The molecule has 2 fully saturated rings. The Balaban J connectivity index is 2.11. The number of aliphatic imine (C=N–C) groups is 1. The Bertz CT molecular complexity index is 1170. The first-order chi connectivity index (χ1) is 21.7. The summed E-state index contributed by atoms with van der Waals surface area (Å²) < 4.78 is 0. The summed E-state index contributed by atoms with van der Waals surface area (Å²) in [5.41, 5.74) is 15.9. The van der Waals surface area contributed by atoms with Crippen molar-refractivity contribution in [3.8, 4) is 0 Å². The first-order valence-electron chi connectivity index (χ1n) is 15.6. The highest BCUT2D eigenvalue weighted by Gasteiger charge is 2.46. The molecule has 9 N–H and O–H groups in total. The molecule has 0 aromatic rings. The summed E-state index contributed by atoms with van der Waals surface area (Å²) in [5, 5.41) is 15.0. The van der Waals surface area contributed by atoms with E-state index < -0.39 is 60.8 Å². The van der Waals surface area contributed by atoms with Gasteiger partial charge in [0.1, 0.15) is 17.9 Å². The number of Topliss-reactive ketones (excluding diaryl/α,β-unsaturated/α-hetero) is 2. The third-order valence-corrected chi connectivity index (χ3v) is 7.96.